The van der Waals surface area contributed by atoms with E-state index in [0.29, 0.717) is 0 Å². The molecule has 0 unspecified atom stereocenters. The van der Waals surface area contributed by atoms with E-state index >= 15 is 0 Å². The molecule has 0 aromatic heterocycles. The lowest BCUT2D eigenvalue weighted by molar-refractivity contribution is 0.194. The number of rotatable bonds is 7. The zero-order valence-corrected chi connectivity index (χ0v) is 7.58. The van der Waals surface area contributed by atoms with Crippen molar-refractivity contribution in [2.75, 3.05) is 18.1 Å². The maximum absolute atomic E-state index is 10.0. The predicted octanol–water partition coefficient (Wildman–Crippen LogP) is 2.73. The minimum absolute atomic E-state index is 0.0980. The standard InChI is InChI=1S/C8H17OS/c1-2-3-4-7-10-8-5-6-9/h2-8H2,1H3. The van der Waals surface area contributed by atoms with Crippen LogP contribution in [0.2, 0.25) is 0 Å². The van der Waals surface area contributed by atoms with Gasteiger partial charge in [-0.2, -0.15) is 11.8 Å². The predicted molar refractivity (Wildman–Crippen MR) is 47.0 cm³/mol. The molecule has 0 aliphatic carbocycles. The fourth-order valence-electron chi connectivity index (χ4n) is 0.717. The summed E-state index contributed by atoms with van der Waals surface area (Å²) in [5.74, 6) is 2.31. The third-order valence-corrected chi connectivity index (χ3v) is 2.48. The quantitative estimate of drug-likeness (QED) is 0.526. The highest BCUT2D eigenvalue weighted by atomic mass is 32.2. The molecule has 0 heterocycles. The summed E-state index contributed by atoms with van der Waals surface area (Å²) in [6, 6.07) is 0. The Hall–Kier alpha value is 0.310. The number of thioether (sulfide) groups is 1. The molecular formula is C8H17OS. The molecule has 0 aliphatic heterocycles. The highest BCUT2D eigenvalue weighted by Crippen LogP contribution is 2.06. The minimum atomic E-state index is 0.0980. The molecule has 0 amide bonds. The van der Waals surface area contributed by atoms with Gasteiger partial charge in [0.2, 0.25) is 0 Å². The van der Waals surface area contributed by atoms with Crippen molar-refractivity contribution in [2.24, 2.45) is 0 Å². The molecule has 0 saturated carbocycles. The summed E-state index contributed by atoms with van der Waals surface area (Å²) in [7, 11) is 0. The van der Waals surface area contributed by atoms with Crippen molar-refractivity contribution in [3.05, 3.63) is 0 Å². The van der Waals surface area contributed by atoms with Gasteiger partial charge in [-0.3, -0.25) is 0 Å². The maximum atomic E-state index is 10.0. The van der Waals surface area contributed by atoms with E-state index in [2.05, 4.69) is 6.92 Å². The zero-order valence-electron chi connectivity index (χ0n) is 6.77. The van der Waals surface area contributed by atoms with Crippen LogP contribution in [0.15, 0.2) is 0 Å². The van der Waals surface area contributed by atoms with Gasteiger partial charge >= 0.3 is 0 Å². The molecule has 0 spiro atoms. The monoisotopic (exact) mass is 161 g/mol. The number of hydrogen-bond donors (Lipinski definition) is 0. The summed E-state index contributed by atoms with van der Waals surface area (Å²) in [5.41, 5.74) is 0. The Kier molecular flexibility index (Phi) is 9.60. The van der Waals surface area contributed by atoms with E-state index in [-0.39, 0.29) is 6.61 Å². The fraction of sp³-hybridized carbons (Fsp3) is 1.00. The summed E-state index contributed by atoms with van der Waals surface area (Å²) in [4.78, 5) is 0. The van der Waals surface area contributed by atoms with E-state index in [0.717, 1.165) is 12.2 Å². The molecule has 0 aromatic carbocycles. The first-order valence-corrected chi connectivity index (χ1v) is 5.23. The fourth-order valence-corrected chi connectivity index (χ4v) is 1.65. The summed E-state index contributed by atoms with van der Waals surface area (Å²) in [6.07, 6.45) is 4.79. The van der Waals surface area contributed by atoms with Crippen LogP contribution in [0, 0.1) is 0 Å². The van der Waals surface area contributed by atoms with Gasteiger partial charge in [-0.1, -0.05) is 19.8 Å². The van der Waals surface area contributed by atoms with Crippen LogP contribution < -0.4 is 0 Å². The summed E-state index contributed by atoms with van der Waals surface area (Å²) in [6.45, 7) is 2.31. The molecule has 0 atom stereocenters. The zero-order chi connectivity index (χ0) is 7.66. The Labute approximate surface area is 68.2 Å². The van der Waals surface area contributed by atoms with Crippen molar-refractivity contribution in [1.29, 1.82) is 0 Å². The van der Waals surface area contributed by atoms with Gasteiger partial charge in [-0.25, -0.2) is 5.11 Å². The highest BCUT2D eigenvalue weighted by Gasteiger charge is 1.88. The van der Waals surface area contributed by atoms with Gasteiger partial charge in [0.1, 0.15) is 0 Å². The Morgan fingerprint density at radius 2 is 1.80 bits per heavy atom. The Bertz CT molecular complexity index is 49.2. The largest absolute Gasteiger partial charge is 0.237 e. The molecule has 61 valence electrons. The van der Waals surface area contributed by atoms with Crippen LogP contribution >= 0.6 is 11.8 Å². The van der Waals surface area contributed by atoms with Crippen LogP contribution in [-0.2, 0) is 5.11 Å². The molecule has 0 bridgehead atoms. The third-order valence-electron chi connectivity index (χ3n) is 1.33. The van der Waals surface area contributed by atoms with Crippen LogP contribution in [0.1, 0.15) is 32.6 Å². The van der Waals surface area contributed by atoms with Gasteiger partial charge in [-0.05, 0) is 24.3 Å². The molecule has 1 nitrogen and oxygen atoms in total. The minimum Gasteiger partial charge on any atom is -0.237 e. The molecule has 10 heavy (non-hydrogen) atoms. The first-order chi connectivity index (χ1) is 4.91. The molecule has 0 aliphatic rings. The Balaban J connectivity index is 2.65. The summed E-state index contributed by atoms with van der Waals surface area (Å²) < 4.78 is 0. The maximum Gasteiger partial charge on any atom is 0.0830 e. The molecule has 0 saturated heterocycles. The molecule has 1 radical (unpaired) electrons. The molecular weight excluding hydrogens is 144 g/mol. The molecule has 0 N–H and O–H groups in total. The third kappa shape index (κ3) is 8.31. The van der Waals surface area contributed by atoms with E-state index in [9.17, 15) is 5.11 Å². The summed E-state index contributed by atoms with van der Waals surface area (Å²) >= 11 is 1.92. The van der Waals surface area contributed by atoms with E-state index in [1.165, 1.54) is 25.0 Å². The lowest BCUT2D eigenvalue weighted by Gasteiger charge is -1.97. The lowest BCUT2D eigenvalue weighted by atomic mass is 10.3. The van der Waals surface area contributed by atoms with E-state index in [1.807, 2.05) is 11.8 Å². The number of unbranched alkanes of at least 4 members (excludes halogenated alkanes) is 2. The van der Waals surface area contributed by atoms with Crippen LogP contribution in [0.3, 0.4) is 0 Å². The molecule has 2 heteroatoms. The van der Waals surface area contributed by atoms with Crippen LogP contribution in [0.4, 0.5) is 0 Å². The SMILES string of the molecule is CCCCCSCCC[O]. The van der Waals surface area contributed by atoms with E-state index in [4.69, 9.17) is 0 Å². The van der Waals surface area contributed by atoms with Crippen LogP contribution in [-0.4, -0.2) is 18.1 Å². The number of hydrogen-bond acceptors (Lipinski definition) is 1. The normalized spacial score (nSPS) is 10.2. The van der Waals surface area contributed by atoms with Gasteiger partial charge in [0.15, 0.2) is 0 Å². The van der Waals surface area contributed by atoms with Crippen LogP contribution in [0.5, 0.6) is 0 Å². The van der Waals surface area contributed by atoms with Crippen LogP contribution in [0.25, 0.3) is 0 Å². The van der Waals surface area contributed by atoms with Crippen molar-refractivity contribution >= 4 is 11.8 Å². The van der Waals surface area contributed by atoms with Crippen molar-refractivity contribution < 1.29 is 5.11 Å². The highest BCUT2D eigenvalue weighted by molar-refractivity contribution is 7.99. The topological polar surface area (TPSA) is 19.9 Å². The van der Waals surface area contributed by atoms with Crippen molar-refractivity contribution in [2.45, 2.75) is 32.6 Å². The van der Waals surface area contributed by atoms with Gasteiger partial charge < -0.3 is 0 Å². The van der Waals surface area contributed by atoms with Crippen molar-refractivity contribution in [3.8, 4) is 0 Å². The molecule has 0 aromatic rings. The Morgan fingerprint density at radius 3 is 2.40 bits per heavy atom. The Morgan fingerprint density at radius 1 is 1.10 bits per heavy atom. The van der Waals surface area contributed by atoms with Crippen molar-refractivity contribution in [1.82, 2.24) is 0 Å². The van der Waals surface area contributed by atoms with Gasteiger partial charge in [0.05, 0.1) is 6.61 Å². The average Bonchev–Trinajstić information content (AvgIpc) is 1.97. The smallest absolute Gasteiger partial charge is 0.0830 e. The van der Waals surface area contributed by atoms with Gasteiger partial charge in [0.25, 0.3) is 0 Å². The second kappa shape index (κ2) is 9.31. The van der Waals surface area contributed by atoms with Crippen molar-refractivity contribution in [3.63, 3.8) is 0 Å². The second-order valence-electron chi connectivity index (χ2n) is 2.38. The first kappa shape index (κ1) is 10.3. The molecule has 0 fully saturated rings. The van der Waals surface area contributed by atoms with Gasteiger partial charge in [-0.15, -0.1) is 0 Å². The average molecular weight is 161 g/mol. The lowest BCUT2D eigenvalue weighted by Crippen LogP contribution is -1.86. The first-order valence-electron chi connectivity index (χ1n) is 4.07. The second-order valence-corrected chi connectivity index (χ2v) is 3.60. The molecule has 0 rings (SSSR count). The summed E-state index contributed by atoms with van der Waals surface area (Å²) in [5, 5.41) is 10.0. The van der Waals surface area contributed by atoms with E-state index < -0.39 is 0 Å². The van der Waals surface area contributed by atoms with E-state index in [1.54, 1.807) is 0 Å². The van der Waals surface area contributed by atoms with Gasteiger partial charge in [0, 0.05) is 0 Å².